The largest absolute Gasteiger partial charge is 0.508 e. The summed E-state index contributed by atoms with van der Waals surface area (Å²) in [6, 6.07) is 1.33. The van der Waals surface area contributed by atoms with Gasteiger partial charge in [0.25, 0.3) is 11.5 Å². The van der Waals surface area contributed by atoms with Gasteiger partial charge in [0.1, 0.15) is 34.6 Å². The van der Waals surface area contributed by atoms with E-state index in [9.17, 15) is 39.0 Å². The van der Waals surface area contributed by atoms with Crippen molar-refractivity contribution in [1.82, 2.24) is 35.6 Å². The lowest BCUT2D eigenvalue weighted by Crippen LogP contribution is -2.71. The topological polar surface area (TPSA) is 255 Å². The van der Waals surface area contributed by atoms with Crippen molar-refractivity contribution in [1.29, 1.82) is 0 Å². The van der Waals surface area contributed by atoms with Crippen LogP contribution in [0.3, 0.4) is 0 Å². The minimum atomic E-state index is -1.59. The number of amides is 5. The van der Waals surface area contributed by atoms with E-state index in [-0.39, 0.29) is 52.0 Å². The van der Waals surface area contributed by atoms with Crippen LogP contribution < -0.4 is 37.7 Å². The Hall–Kier alpha value is -4.86. The Labute approximate surface area is 297 Å². The molecule has 0 saturated carbocycles. The van der Waals surface area contributed by atoms with E-state index in [1.165, 1.54) is 71.2 Å². The van der Waals surface area contributed by atoms with Gasteiger partial charge in [0, 0.05) is 43.1 Å². The number of phenolic OH excluding ortho intramolecular Hbond substituents is 1. The molecule has 3 aliphatic heterocycles. The summed E-state index contributed by atoms with van der Waals surface area (Å²) in [5.41, 5.74) is 10.5. The van der Waals surface area contributed by atoms with Crippen LogP contribution in [-0.2, 0) is 19.2 Å². The van der Waals surface area contributed by atoms with Crippen molar-refractivity contribution in [3.63, 3.8) is 0 Å². The third kappa shape index (κ3) is 7.95. The molecule has 0 spiro atoms. The molecule has 18 nitrogen and oxygen atoms in total. The zero-order valence-electron chi connectivity index (χ0n) is 26.8. The molecule has 266 valence electrons. The van der Waals surface area contributed by atoms with Gasteiger partial charge in [-0.3, -0.25) is 44.8 Å². The number of phenols is 1. The maximum Gasteiger partial charge on any atom is 0.352 e. The van der Waals surface area contributed by atoms with Gasteiger partial charge in [-0.1, -0.05) is 30.5 Å². The number of aliphatic carboxylic acids is 1. The molecule has 1 saturated heterocycles. The quantitative estimate of drug-likeness (QED) is 0.105. The number of aromatic nitrogens is 2. The van der Waals surface area contributed by atoms with Crippen LogP contribution in [0.15, 0.2) is 57.0 Å². The average molecular weight is 747 g/mol. The summed E-state index contributed by atoms with van der Waals surface area (Å²) in [5.74, 6) is -2.44. The van der Waals surface area contributed by atoms with Crippen LogP contribution in [0.25, 0.3) is 0 Å². The lowest BCUT2D eigenvalue weighted by atomic mass is 10.00. The molecule has 0 bridgehead atoms. The number of nitrogens with zero attached hydrogens (tertiary/aromatic N) is 4. The molecule has 2 aromatic rings. The van der Waals surface area contributed by atoms with Gasteiger partial charge in [0.15, 0.2) is 0 Å². The number of hydrogen-bond acceptors (Lipinski definition) is 14. The lowest BCUT2D eigenvalue weighted by molar-refractivity contribution is -0.150. The third-order valence-corrected chi connectivity index (χ3v) is 10.8. The minimum absolute atomic E-state index is 0.131. The maximum atomic E-state index is 14.0. The molecule has 1 aromatic carbocycles. The van der Waals surface area contributed by atoms with E-state index in [4.69, 9.17) is 5.73 Å². The Morgan fingerprint density at radius 2 is 1.92 bits per heavy atom. The van der Waals surface area contributed by atoms with Crippen LogP contribution in [0.1, 0.15) is 32.4 Å². The van der Waals surface area contributed by atoms with Crippen LogP contribution in [0.2, 0.25) is 0 Å². The first kappa shape index (κ1) is 36.4. The molecule has 9 N–H and O–H groups in total. The number of primary amides is 1. The molecule has 2 unspecified atom stereocenters. The monoisotopic (exact) mass is 746 g/mol. The van der Waals surface area contributed by atoms with Gasteiger partial charge in [-0.25, -0.2) is 14.6 Å². The Morgan fingerprint density at radius 3 is 2.54 bits per heavy atom. The molecule has 21 heteroatoms. The summed E-state index contributed by atoms with van der Waals surface area (Å²) in [6.45, 7) is 5.78. The summed E-state index contributed by atoms with van der Waals surface area (Å²) in [7, 11) is 0. The summed E-state index contributed by atoms with van der Waals surface area (Å²) < 4.78 is 2.14. The van der Waals surface area contributed by atoms with E-state index in [1.54, 1.807) is 6.20 Å². The number of nitrogens with one attached hydrogen (secondary N) is 5. The van der Waals surface area contributed by atoms with Gasteiger partial charge < -0.3 is 26.6 Å². The first-order chi connectivity index (χ1) is 23.7. The van der Waals surface area contributed by atoms with E-state index < -0.39 is 46.8 Å². The summed E-state index contributed by atoms with van der Waals surface area (Å²) in [5, 5.41) is 24.8. The normalized spacial score (nSPS) is 19.2. The Balaban J connectivity index is 1.36. The van der Waals surface area contributed by atoms with Crippen molar-refractivity contribution in [3.05, 3.63) is 68.1 Å². The number of aromatic amines is 1. The minimum Gasteiger partial charge on any atom is -0.508 e. The second kappa shape index (κ2) is 15.4. The summed E-state index contributed by atoms with van der Waals surface area (Å²) >= 11 is 3.77. The summed E-state index contributed by atoms with van der Waals surface area (Å²) in [4.78, 5) is 85.9. The van der Waals surface area contributed by atoms with Crippen molar-refractivity contribution in [2.24, 2.45) is 11.7 Å². The fraction of sp³-hybridized carbons (Fsp3) is 0.345. The highest BCUT2D eigenvalue weighted by Gasteiger charge is 2.55. The molecule has 4 heterocycles. The Morgan fingerprint density at radius 1 is 1.20 bits per heavy atom. The molecule has 0 aliphatic carbocycles. The van der Waals surface area contributed by atoms with Crippen LogP contribution in [0, 0.1) is 5.92 Å². The number of thioether (sulfide) groups is 2. The highest BCUT2D eigenvalue weighted by atomic mass is 32.2. The van der Waals surface area contributed by atoms with E-state index in [0.717, 1.165) is 20.2 Å². The van der Waals surface area contributed by atoms with Gasteiger partial charge in [-0.05, 0) is 29.2 Å². The number of hydrazine groups is 2. The van der Waals surface area contributed by atoms with Crippen molar-refractivity contribution in [2.75, 3.05) is 28.3 Å². The van der Waals surface area contributed by atoms with Crippen LogP contribution in [0.4, 0.5) is 16.4 Å². The number of urea groups is 1. The molecule has 5 amide bonds. The number of hydrogen-bond donors (Lipinski definition) is 8. The maximum absolute atomic E-state index is 14.0. The molecule has 50 heavy (non-hydrogen) atoms. The summed E-state index contributed by atoms with van der Waals surface area (Å²) in [6.07, 6.45) is 2.74. The SMILES string of the molecule is CC(=O)NN1NC=C(SCC2=C(C(=O)O)N3C(=O)C(NC(=O)C(c4ccc(O)cc4)N(C(N)=O)c4cnc(NCC(C)C)[nH]c4=O)[C@@H]3SC2)S1. The predicted octanol–water partition coefficient (Wildman–Crippen LogP) is 0.960. The fourth-order valence-electron chi connectivity index (χ4n) is 5.11. The fourth-order valence-corrected chi connectivity index (χ4v) is 8.46. The smallest absolute Gasteiger partial charge is 0.352 e. The second-order valence-corrected chi connectivity index (χ2v) is 14.9. The van der Waals surface area contributed by atoms with Crippen molar-refractivity contribution in [2.45, 2.75) is 38.2 Å². The molecule has 1 aromatic heterocycles. The number of benzene rings is 1. The van der Waals surface area contributed by atoms with Gasteiger partial charge in [0.2, 0.25) is 17.8 Å². The number of H-pyrrole nitrogens is 1. The number of β-lactam (4-membered cyclic amide) rings is 1. The van der Waals surface area contributed by atoms with Crippen LogP contribution in [-0.4, -0.2) is 88.8 Å². The van der Waals surface area contributed by atoms with Crippen molar-refractivity contribution < 1.29 is 34.2 Å². The Bertz CT molecular complexity index is 1820. The Kier molecular flexibility index (Phi) is 11.2. The third-order valence-electron chi connectivity index (χ3n) is 7.35. The first-order valence-electron chi connectivity index (χ1n) is 15.0. The molecule has 3 atom stereocenters. The van der Waals surface area contributed by atoms with Crippen LogP contribution >= 0.6 is 35.5 Å². The van der Waals surface area contributed by atoms with E-state index in [0.29, 0.717) is 12.1 Å². The average Bonchev–Trinajstić information content (AvgIpc) is 3.50. The number of carboxylic acid groups (broad SMARTS) is 1. The number of carboxylic acids is 1. The van der Waals surface area contributed by atoms with Gasteiger partial charge >= 0.3 is 12.0 Å². The van der Waals surface area contributed by atoms with E-state index in [1.807, 2.05) is 13.8 Å². The molecule has 0 radical (unpaired) electrons. The predicted molar refractivity (Wildman–Crippen MR) is 188 cm³/mol. The van der Waals surface area contributed by atoms with Gasteiger partial charge in [-0.15, -0.1) is 23.5 Å². The number of anilines is 2. The zero-order valence-corrected chi connectivity index (χ0v) is 29.3. The van der Waals surface area contributed by atoms with E-state index >= 15 is 0 Å². The number of rotatable bonds is 13. The zero-order chi connectivity index (χ0) is 36.3. The van der Waals surface area contributed by atoms with Crippen molar-refractivity contribution >= 4 is 76.8 Å². The number of nitrogens with two attached hydrogens (primary N) is 1. The molecule has 1 fully saturated rings. The highest BCUT2D eigenvalue weighted by molar-refractivity contribution is 8.21. The highest BCUT2D eigenvalue weighted by Crippen LogP contribution is 2.43. The van der Waals surface area contributed by atoms with Crippen LogP contribution in [0.5, 0.6) is 5.75 Å². The molecule has 3 aliphatic rings. The van der Waals surface area contributed by atoms with Crippen molar-refractivity contribution in [3.8, 4) is 5.75 Å². The van der Waals surface area contributed by atoms with Gasteiger partial charge in [0.05, 0.1) is 10.4 Å². The lowest BCUT2D eigenvalue weighted by Gasteiger charge is -2.49. The number of carbonyl (C=O) groups is 5. The standard InChI is InChI=1S/C29H34N10O8S3/c1-13(2)8-31-29-32-9-18(23(42)35-29)37(28(30)47)21(15-4-6-17(41)7-5-15)24(43)34-20-25(44)38-22(27(45)46)16(12-49-26(20)38)11-48-19-10-33-39(50-19)36-14(3)40/h4-7,9-10,13,20-21,26,33,41H,8,11-12H2,1-3H3,(H2,30,47)(H,34,43)(H,36,40)(H,45,46)(H2,31,32,35,42)/t20?,21?,26-/m0/s1. The second-order valence-electron chi connectivity index (χ2n) is 11.5. The molecular formula is C29H34N10O8S3. The number of carbonyl (C=O) groups excluding carboxylic acids is 4. The van der Waals surface area contributed by atoms with Gasteiger partial charge in [-0.2, -0.15) is 0 Å². The number of fused-ring (bicyclic) bond motifs is 1. The molecular weight excluding hydrogens is 713 g/mol. The molecule has 5 rings (SSSR count). The van der Waals surface area contributed by atoms with E-state index in [2.05, 4.69) is 31.5 Å². The first-order valence-corrected chi connectivity index (χ1v) is 17.8. The number of aromatic hydroxyl groups is 1.